The normalized spacial score (nSPS) is 24.1. The predicted molar refractivity (Wildman–Crippen MR) is 70.3 cm³/mol. The molecule has 0 spiro atoms. The minimum Gasteiger partial charge on any atom is -0.484 e. The molecule has 0 aromatic heterocycles. The third kappa shape index (κ3) is 2.11. The van der Waals surface area contributed by atoms with Crippen LogP contribution in [0.1, 0.15) is 0 Å². The molecule has 0 bridgehead atoms. The van der Waals surface area contributed by atoms with Crippen LogP contribution in [0.25, 0.3) is 0 Å². The van der Waals surface area contributed by atoms with Crippen molar-refractivity contribution in [2.75, 3.05) is 44.7 Å². The zero-order valence-corrected chi connectivity index (χ0v) is 10.6. The Balaban J connectivity index is 1.88. The lowest BCUT2D eigenvalue weighted by Gasteiger charge is -2.36. The Hall–Kier alpha value is -1.46. The van der Waals surface area contributed by atoms with Crippen LogP contribution in [0.5, 0.6) is 11.5 Å². The van der Waals surface area contributed by atoms with Crippen LogP contribution < -0.4 is 20.1 Å². The number of nitrogens with two attached hydrogens (primary N) is 1. The molecule has 0 amide bonds. The lowest BCUT2D eigenvalue weighted by molar-refractivity contribution is 0.0961. The third-order valence-corrected chi connectivity index (χ3v) is 3.47. The number of anilines is 1. The van der Waals surface area contributed by atoms with Crippen LogP contribution in [0.15, 0.2) is 18.2 Å². The van der Waals surface area contributed by atoms with Gasteiger partial charge in [0.15, 0.2) is 17.7 Å². The molecule has 1 unspecified atom stereocenters. The van der Waals surface area contributed by atoms with Crippen molar-refractivity contribution in [3.8, 4) is 11.5 Å². The van der Waals surface area contributed by atoms with Crippen molar-refractivity contribution in [1.29, 1.82) is 0 Å². The van der Waals surface area contributed by atoms with Crippen molar-refractivity contribution in [3.05, 3.63) is 18.2 Å². The van der Waals surface area contributed by atoms with E-state index in [2.05, 4.69) is 22.9 Å². The minimum absolute atomic E-state index is 0.369. The number of para-hydroxylation sites is 1. The molecule has 2 aliphatic heterocycles. The van der Waals surface area contributed by atoms with Crippen molar-refractivity contribution in [3.63, 3.8) is 0 Å². The van der Waals surface area contributed by atoms with Crippen molar-refractivity contribution >= 4 is 5.69 Å². The van der Waals surface area contributed by atoms with E-state index >= 15 is 0 Å². The zero-order valence-electron chi connectivity index (χ0n) is 10.6. The van der Waals surface area contributed by atoms with E-state index in [1.807, 2.05) is 12.1 Å². The Bertz CT molecular complexity index is 430. The highest BCUT2D eigenvalue weighted by molar-refractivity contribution is 5.65. The molecule has 1 aromatic rings. The van der Waals surface area contributed by atoms with E-state index in [1.165, 1.54) is 0 Å². The summed E-state index contributed by atoms with van der Waals surface area (Å²) in [7, 11) is 2.15. The number of fused-ring (bicyclic) bond motifs is 1. The fraction of sp³-hybridized carbons (Fsp3) is 0.538. The second-order valence-corrected chi connectivity index (χ2v) is 4.86. The minimum atomic E-state index is -0.369. The number of ether oxygens (including phenoxy) is 2. The summed E-state index contributed by atoms with van der Waals surface area (Å²) < 4.78 is 11.3. The van der Waals surface area contributed by atoms with E-state index in [1.54, 1.807) is 0 Å². The molecule has 2 N–H and O–H groups in total. The molecule has 0 saturated carbocycles. The van der Waals surface area contributed by atoms with Gasteiger partial charge in [0.1, 0.15) is 6.61 Å². The topological polar surface area (TPSA) is 51.0 Å². The van der Waals surface area contributed by atoms with Gasteiger partial charge in [0.05, 0.1) is 5.69 Å². The molecule has 5 heteroatoms. The van der Waals surface area contributed by atoms with Crippen LogP contribution in [0, 0.1) is 0 Å². The number of piperazine rings is 1. The summed E-state index contributed by atoms with van der Waals surface area (Å²) in [5, 5.41) is 0. The van der Waals surface area contributed by atoms with Gasteiger partial charge in [-0.1, -0.05) is 6.07 Å². The summed E-state index contributed by atoms with van der Waals surface area (Å²) in [6.07, 6.45) is -0.369. The van der Waals surface area contributed by atoms with E-state index in [0.29, 0.717) is 6.61 Å². The highest BCUT2D eigenvalue weighted by Gasteiger charge is 2.24. The van der Waals surface area contributed by atoms with Gasteiger partial charge in [-0.05, 0) is 19.2 Å². The van der Waals surface area contributed by atoms with E-state index in [0.717, 1.165) is 43.4 Å². The Labute approximate surface area is 107 Å². The second kappa shape index (κ2) is 4.66. The molecule has 5 nitrogen and oxygen atoms in total. The predicted octanol–water partition coefficient (Wildman–Crippen LogP) is 0.494. The molecular weight excluding hydrogens is 230 g/mol. The van der Waals surface area contributed by atoms with E-state index < -0.39 is 0 Å². The summed E-state index contributed by atoms with van der Waals surface area (Å²) >= 11 is 0. The van der Waals surface area contributed by atoms with Gasteiger partial charge < -0.3 is 19.3 Å². The standard InChI is InChI=1S/C13H19N3O2/c1-15-5-7-16(8-6-15)10-3-2-4-11-13(10)18-12(14)9-17-11/h2-4,12H,5-9,14H2,1H3. The zero-order chi connectivity index (χ0) is 12.5. The van der Waals surface area contributed by atoms with Crippen LogP contribution in [-0.2, 0) is 0 Å². The fourth-order valence-electron chi connectivity index (χ4n) is 2.39. The number of rotatable bonds is 1. The molecule has 18 heavy (non-hydrogen) atoms. The molecule has 1 aromatic carbocycles. The smallest absolute Gasteiger partial charge is 0.187 e. The molecular formula is C13H19N3O2. The van der Waals surface area contributed by atoms with Gasteiger partial charge in [0.25, 0.3) is 0 Å². The first-order chi connectivity index (χ1) is 8.74. The van der Waals surface area contributed by atoms with E-state index in [-0.39, 0.29) is 6.23 Å². The van der Waals surface area contributed by atoms with Crippen molar-refractivity contribution < 1.29 is 9.47 Å². The van der Waals surface area contributed by atoms with Gasteiger partial charge in [0.2, 0.25) is 0 Å². The van der Waals surface area contributed by atoms with Gasteiger partial charge >= 0.3 is 0 Å². The molecule has 3 rings (SSSR count). The highest BCUT2D eigenvalue weighted by Crippen LogP contribution is 2.40. The summed E-state index contributed by atoms with van der Waals surface area (Å²) in [5.41, 5.74) is 6.89. The average molecular weight is 249 g/mol. The molecule has 1 fully saturated rings. The summed E-state index contributed by atoms with van der Waals surface area (Å²) in [6.45, 7) is 4.56. The number of likely N-dealkylation sites (N-methyl/N-ethyl adjacent to an activating group) is 1. The van der Waals surface area contributed by atoms with Gasteiger partial charge in [-0.25, -0.2) is 0 Å². The maximum absolute atomic E-state index is 5.80. The largest absolute Gasteiger partial charge is 0.484 e. The quantitative estimate of drug-likeness (QED) is 0.785. The third-order valence-electron chi connectivity index (χ3n) is 3.47. The van der Waals surface area contributed by atoms with Gasteiger partial charge in [-0.2, -0.15) is 0 Å². The van der Waals surface area contributed by atoms with Crippen LogP contribution in [0.2, 0.25) is 0 Å². The first-order valence-electron chi connectivity index (χ1n) is 6.35. The van der Waals surface area contributed by atoms with Crippen molar-refractivity contribution in [1.82, 2.24) is 4.90 Å². The lowest BCUT2D eigenvalue weighted by Crippen LogP contribution is -2.45. The molecule has 2 heterocycles. The van der Waals surface area contributed by atoms with Gasteiger partial charge in [-0.3, -0.25) is 5.73 Å². The molecule has 1 atom stereocenters. The van der Waals surface area contributed by atoms with Crippen molar-refractivity contribution in [2.24, 2.45) is 5.73 Å². The maximum atomic E-state index is 5.80. The molecule has 0 radical (unpaired) electrons. The fourth-order valence-corrected chi connectivity index (χ4v) is 2.39. The number of benzene rings is 1. The maximum Gasteiger partial charge on any atom is 0.187 e. The van der Waals surface area contributed by atoms with E-state index in [4.69, 9.17) is 15.2 Å². The van der Waals surface area contributed by atoms with Crippen LogP contribution in [0.4, 0.5) is 5.69 Å². The van der Waals surface area contributed by atoms with Gasteiger partial charge in [0, 0.05) is 26.2 Å². The number of hydrogen-bond donors (Lipinski definition) is 1. The van der Waals surface area contributed by atoms with E-state index in [9.17, 15) is 0 Å². The second-order valence-electron chi connectivity index (χ2n) is 4.86. The Morgan fingerprint density at radius 1 is 1.22 bits per heavy atom. The van der Waals surface area contributed by atoms with Gasteiger partial charge in [-0.15, -0.1) is 0 Å². The number of nitrogens with zero attached hydrogens (tertiary/aromatic N) is 2. The first-order valence-corrected chi connectivity index (χ1v) is 6.35. The Morgan fingerprint density at radius 2 is 2.00 bits per heavy atom. The monoisotopic (exact) mass is 249 g/mol. The summed E-state index contributed by atoms with van der Waals surface area (Å²) in [6, 6.07) is 6.01. The van der Waals surface area contributed by atoms with Crippen molar-refractivity contribution in [2.45, 2.75) is 6.23 Å². The van der Waals surface area contributed by atoms with Crippen LogP contribution in [0.3, 0.4) is 0 Å². The highest BCUT2D eigenvalue weighted by atomic mass is 16.6. The van der Waals surface area contributed by atoms with Crippen LogP contribution in [-0.4, -0.2) is 51.0 Å². The average Bonchev–Trinajstić information content (AvgIpc) is 2.39. The number of hydrogen-bond acceptors (Lipinski definition) is 5. The lowest BCUT2D eigenvalue weighted by atomic mass is 10.2. The Morgan fingerprint density at radius 3 is 2.78 bits per heavy atom. The molecule has 2 aliphatic rings. The Kier molecular flexibility index (Phi) is 3.01. The summed E-state index contributed by atoms with van der Waals surface area (Å²) in [5.74, 6) is 1.59. The van der Waals surface area contributed by atoms with Crippen LogP contribution >= 0.6 is 0 Å². The SMILES string of the molecule is CN1CCN(c2cccc3c2OC(N)CO3)CC1. The first kappa shape index (κ1) is 11.6. The molecule has 0 aliphatic carbocycles. The summed E-state index contributed by atoms with van der Waals surface area (Å²) in [4.78, 5) is 4.66. The molecule has 1 saturated heterocycles. The molecule has 98 valence electrons.